The molecule has 0 saturated carbocycles. The minimum atomic E-state index is 0.156. The molecule has 0 heterocycles. The molecule has 0 saturated heterocycles. The van der Waals surface area contributed by atoms with E-state index in [2.05, 4.69) is 65.0 Å². The first kappa shape index (κ1) is 18.8. The fourth-order valence-corrected chi connectivity index (χ4v) is 2.22. The first-order chi connectivity index (χ1) is 10.3. The van der Waals surface area contributed by atoms with Crippen molar-refractivity contribution in [2.24, 2.45) is 0 Å². The van der Waals surface area contributed by atoms with Crippen LogP contribution in [0.1, 0.15) is 65.0 Å². The summed E-state index contributed by atoms with van der Waals surface area (Å²) in [7, 11) is 1.73. The Hall–Kier alpha value is -1.28. The van der Waals surface area contributed by atoms with Gasteiger partial charge < -0.3 is 9.47 Å². The Morgan fingerprint density at radius 2 is 1.86 bits per heavy atom. The molecule has 124 valence electrons. The highest BCUT2D eigenvalue weighted by Gasteiger charge is 2.14. The average molecular weight is 304 g/mol. The minimum Gasteiger partial charge on any atom is -0.496 e. The number of hydrogen-bond acceptors (Lipinski definition) is 2. The third-order valence-electron chi connectivity index (χ3n) is 3.61. The molecule has 1 aromatic carbocycles. The molecule has 0 aliphatic heterocycles. The number of unbranched alkanes of at least 4 members (excludes halogenated alkanes) is 2. The fourth-order valence-electron chi connectivity index (χ4n) is 2.22. The summed E-state index contributed by atoms with van der Waals surface area (Å²) in [5.74, 6) is 0.937. The van der Waals surface area contributed by atoms with Crippen LogP contribution in [0.4, 0.5) is 0 Å². The lowest BCUT2D eigenvalue weighted by Gasteiger charge is -2.20. The van der Waals surface area contributed by atoms with Crippen molar-refractivity contribution in [2.75, 3.05) is 13.7 Å². The van der Waals surface area contributed by atoms with Gasteiger partial charge in [0.15, 0.2) is 0 Å². The van der Waals surface area contributed by atoms with Gasteiger partial charge in [-0.2, -0.15) is 0 Å². The second kappa shape index (κ2) is 8.99. The molecule has 1 rings (SSSR count). The molecule has 2 nitrogen and oxygen atoms in total. The largest absolute Gasteiger partial charge is 0.496 e. The minimum absolute atomic E-state index is 0.156. The van der Waals surface area contributed by atoms with Gasteiger partial charge in [-0.05, 0) is 56.2 Å². The topological polar surface area (TPSA) is 18.5 Å². The van der Waals surface area contributed by atoms with Gasteiger partial charge in [-0.3, -0.25) is 0 Å². The molecular weight excluding hydrogens is 272 g/mol. The monoisotopic (exact) mass is 304 g/mol. The molecule has 0 spiro atoms. The van der Waals surface area contributed by atoms with Crippen LogP contribution in [0, 0.1) is 0 Å². The van der Waals surface area contributed by atoms with Crippen molar-refractivity contribution in [1.29, 1.82) is 0 Å². The third kappa shape index (κ3) is 6.65. The predicted molar refractivity (Wildman–Crippen MR) is 95.7 cm³/mol. The number of allylic oxidation sites excluding steroid dienone is 1. The molecule has 0 atom stereocenters. The highest BCUT2D eigenvalue weighted by molar-refractivity contribution is 5.59. The maximum Gasteiger partial charge on any atom is 0.126 e. The third-order valence-corrected chi connectivity index (χ3v) is 3.61. The molecule has 0 aliphatic rings. The zero-order valence-corrected chi connectivity index (χ0v) is 15.1. The highest BCUT2D eigenvalue weighted by atomic mass is 16.5. The Morgan fingerprint density at radius 1 is 1.14 bits per heavy atom. The maximum absolute atomic E-state index is 5.55. The smallest absolute Gasteiger partial charge is 0.126 e. The zero-order valence-electron chi connectivity index (χ0n) is 15.1. The molecule has 0 bridgehead atoms. The molecule has 0 fully saturated rings. The molecule has 2 heteroatoms. The Balaban J connectivity index is 2.58. The van der Waals surface area contributed by atoms with Crippen molar-refractivity contribution >= 4 is 6.08 Å². The van der Waals surface area contributed by atoms with Gasteiger partial charge >= 0.3 is 0 Å². The van der Waals surface area contributed by atoms with E-state index in [9.17, 15) is 0 Å². The van der Waals surface area contributed by atoms with E-state index in [1.807, 2.05) is 0 Å². The van der Waals surface area contributed by atoms with Crippen molar-refractivity contribution < 1.29 is 9.47 Å². The first-order valence-corrected chi connectivity index (χ1v) is 8.31. The van der Waals surface area contributed by atoms with E-state index in [-0.39, 0.29) is 5.41 Å². The van der Waals surface area contributed by atoms with Crippen molar-refractivity contribution in [3.05, 3.63) is 35.4 Å². The van der Waals surface area contributed by atoms with E-state index < -0.39 is 0 Å². The van der Waals surface area contributed by atoms with Crippen LogP contribution in [-0.4, -0.2) is 19.8 Å². The standard InChI is InChI=1S/C20H32O2/c1-16(2)22-14-10-8-7-9-11-17-15-18(20(3,4)5)12-13-19(17)21-6/h9,11-13,15-16H,7-8,10,14H2,1-6H3. The summed E-state index contributed by atoms with van der Waals surface area (Å²) in [5.41, 5.74) is 2.65. The Kier molecular flexibility index (Phi) is 7.67. The van der Waals surface area contributed by atoms with Crippen LogP contribution in [0.5, 0.6) is 5.75 Å². The fraction of sp³-hybridized carbons (Fsp3) is 0.600. The molecular formula is C20H32O2. The van der Waals surface area contributed by atoms with Gasteiger partial charge in [-0.15, -0.1) is 0 Å². The van der Waals surface area contributed by atoms with Crippen LogP contribution in [-0.2, 0) is 10.2 Å². The van der Waals surface area contributed by atoms with Gasteiger partial charge in [-0.25, -0.2) is 0 Å². The SMILES string of the molecule is COc1ccc(C(C)(C)C)cc1C=CCCCCOC(C)C. The summed E-state index contributed by atoms with van der Waals surface area (Å²) in [6.07, 6.45) is 8.09. The molecule has 0 amide bonds. The number of hydrogen-bond donors (Lipinski definition) is 0. The first-order valence-electron chi connectivity index (χ1n) is 8.31. The van der Waals surface area contributed by atoms with Crippen LogP contribution in [0.15, 0.2) is 24.3 Å². The van der Waals surface area contributed by atoms with E-state index in [1.165, 1.54) is 5.56 Å². The second-order valence-electron chi connectivity index (χ2n) is 7.02. The van der Waals surface area contributed by atoms with E-state index >= 15 is 0 Å². The summed E-state index contributed by atoms with van der Waals surface area (Å²) >= 11 is 0. The molecule has 0 aliphatic carbocycles. The Bertz CT molecular complexity index is 467. The lowest BCUT2D eigenvalue weighted by molar-refractivity contribution is 0.0762. The molecule has 0 radical (unpaired) electrons. The van der Waals surface area contributed by atoms with Crippen molar-refractivity contribution in [3.8, 4) is 5.75 Å². The van der Waals surface area contributed by atoms with Crippen molar-refractivity contribution in [1.82, 2.24) is 0 Å². The summed E-state index contributed by atoms with van der Waals surface area (Å²) < 4.78 is 11.0. The van der Waals surface area contributed by atoms with Crippen LogP contribution in [0.25, 0.3) is 6.08 Å². The summed E-state index contributed by atoms with van der Waals surface area (Å²) in [4.78, 5) is 0. The highest BCUT2D eigenvalue weighted by Crippen LogP contribution is 2.28. The van der Waals surface area contributed by atoms with E-state index in [4.69, 9.17) is 9.47 Å². The van der Waals surface area contributed by atoms with Crippen LogP contribution >= 0.6 is 0 Å². The summed E-state index contributed by atoms with van der Waals surface area (Å²) in [5, 5.41) is 0. The van der Waals surface area contributed by atoms with Crippen LogP contribution in [0.2, 0.25) is 0 Å². The molecule has 22 heavy (non-hydrogen) atoms. The predicted octanol–water partition coefficient (Wildman–Crippen LogP) is 5.60. The van der Waals surface area contributed by atoms with Crippen molar-refractivity contribution in [2.45, 2.75) is 65.4 Å². The summed E-state index contributed by atoms with van der Waals surface area (Å²) in [6, 6.07) is 6.45. The van der Waals surface area contributed by atoms with Gasteiger partial charge in [0.2, 0.25) is 0 Å². The van der Waals surface area contributed by atoms with Gasteiger partial charge in [-0.1, -0.05) is 39.0 Å². The van der Waals surface area contributed by atoms with E-state index in [0.717, 1.165) is 37.2 Å². The number of rotatable bonds is 8. The van der Waals surface area contributed by atoms with Crippen molar-refractivity contribution in [3.63, 3.8) is 0 Å². The average Bonchev–Trinajstić information content (AvgIpc) is 2.44. The van der Waals surface area contributed by atoms with E-state index in [1.54, 1.807) is 7.11 Å². The number of ether oxygens (including phenoxy) is 2. The van der Waals surface area contributed by atoms with Crippen LogP contribution in [0.3, 0.4) is 0 Å². The molecule has 1 aromatic rings. The molecule has 0 N–H and O–H groups in total. The van der Waals surface area contributed by atoms with E-state index in [0.29, 0.717) is 6.10 Å². The van der Waals surface area contributed by atoms with Gasteiger partial charge in [0.25, 0.3) is 0 Å². The summed E-state index contributed by atoms with van der Waals surface area (Å²) in [6.45, 7) is 11.7. The maximum atomic E-state index is 5.55. The zero-order chi connectivity index (χ0) is 16.6. The Morgan fingerprint density at radius 3 is 2.45 bits per heavy atom. The quantitative estimate of drug-likeness (QED) is 0.582. The normalized spacial score (nSPS) is 12.3. The molecule has 0 aromatic heterocycles. The van der Waals surface area contributed by atoms with Crippen LogP contribution < -0.4 is 4.74 Å². The second-order valence-corrected chi connectivity index (χ2v) is 7.02. The van der Waals surface area contributed by atoms with Gasteiger partial charge in [0.1, 0.15) is 5.75 Å². The number of benzene rings is 1. The Labute approximate surface area is 136 Å². The van der Waals surface area contributed by atoms with Gasteiger partial charge in [0, 0.05) is 12.2 Å². The lowest BCUT2D eigenvalue weighted by Crippen LogP contribution is -2.11. The van der Waals surface area contributed by atoms with Gasteiger partial charge in [0.05, 0.1) is 13.2 Å². The lowest BCUT2D eigenvalue weighted by atomic mass is 9.86. The number of methoxy groups -OCH3 is 1. The molecule has 0 unspecified atom stereocenters.